The molecule has 76 valence electrons. The van der Waals surface area contributed by atoms with Gasteiger partial charge in [-0.3, -0.25) is 9.59 Å². The number of aliphatic carboxylic acids is 1. The van der Waals surface area contributed by atoms with Crippen LogP contribution in [0.15, 0.2) is 5.10 Å². The van der Waals surface area contributed by atoms with E-state index in [9.17, 15) is 9.59 Å². The Labute approximate surface area is 81.4 Å². The molecule has 0 spiro atoms. The fourth-order valence-electron chi connectivity index (χ4n) is 1.71. The van der Waals surface area contributed by atoms with Crippen LogP contribution < -0.4 is 0 Å². The number of hydrogen-bond donors (Lipinski definition) is 1. The van der Waals surface area contributed by atoms with E-state index in [4.69, 9.17) is 5.11 Å². The predicted molar refractivity (Wildman–Crippen MR) is 48.7 cm³/mol. The van der Waals surface area contributed by atoms with Gasteiger partial charge in [0, 0.05) is 0 Å². The first-order valence-corrected chi connectivity index (χ1v) is 4.76. The van der Waals surface area contributed by atoms with E-state index < -0.39 is 5.97 Å². The van der Waals surface area contributed by atoms with E-state index in [1.54, 1.807) is 0 Å². The topological polar surface area (TPSA) is 70.0 Å². The highest BCUT2D eigenvalue weighted by molar-refractivity contribution is 6.06. The molecule has 0 unspecified atom stereocenters. The van der Waals surface area contributed by atoms with Crippen molar-refractivity contribution in [2.45, 2.75) is 25.7 Å². The van der Waals surface area contributed by atoms with Crippen LogP contribution in [0.3, 0.4) is 0 Å². The minimum Gasteiger partial charge on any atom is -0.480 e. The second kappa shape index (κ2) is 3.40. The number of carbonyl (C=O) groups is 2. The molecule has 0 radical (unpaired) electrons. The van der Waals surface area contributed by atoms with Crippen molar-refractivity contribution < 1.29 is 14.7 Å². The van der Waals surface area contributed by atoms with E-state index in [0.717, 1.165) is 23.6 Å². The quantitative estimate of drug-likeness (QED) is 0.712. The van der Waals surface area contributed by atoms with Crippen LogP contribution in [-0.4, -0.2) is 34.2 Å². The monoisotopic (exact) mass is 196 g/mol. The Morgan fingerprint density at radius 2 is 2.29 bits per heavy atom. The second-order valence-corrected chi connectivity index (χ2v) is 3.74. The molecule has 0 aromatic rings. The third kappa shape index (κ3) is 1.62. The second-order valence-electron chi connectivity index (χ2n) is 3.74. The summed E-state index contributed by atoms with van der Waals surface area (Å²) in [5.74, 6) is -0.774. The highest BCUT2D eigenvalue weighted by atomic mass is 16.4. The first kappa shape index (κ1) is 9.18. The maximum absolute atomic E-state index is 11.3. The largest absolute Gasteiger partial charge is 0.480 e. The van der Waals surface area contributed by atoms with E-state index in [-0.39, 0.29) is 12.5 Å². The van der Waals surface area contributed by atoms with Crippen LogP contribution >= 0.6 is 0 Å². The zero-order valence-electron chi connectivity index (χ0n) is 7.77. The number of nitrogens with zero attached hydrogens (tertiary/aromatic N) is 2. The molecule has 1 fully saturated rings. The predicted octanol–water partition coefficient (Wildman–Crippen LogP) is 0.459. The minimum absolute atomic E-state index is 0.186. The number of carboxylic acids is 1. The molecule has 0 atom stereocenters. The van der Waals surface area contributed by atoms with E-state index >= 15 is 0 Å². The van der Waals surface area contributed by atoms with Crippen LogP contribution in [0.1, 0.15) is 25.7 Å². The Morgan fingerprint density at radius 3 is 2.79 bits per heavy atom. The Hall–Kier alpha value is -1.39. The zero-order valence-corrected chi connectivity index (χ0v) is 7.77. The fraction of sp³-hybridized carbons (Fsp3) is 0.667. The van der Waals surface area contributed by atoms with E-state index in [1.165, 1.54) is 6.42 Å². The number of hydrazone groups is 1. The normalized spacial score (nSPS) is 22.1. The van der Waals surface area contributed by atoms with Crippen molar-refractivity contribution >= 4 is 17.6 Å². The van der Waals surface area contributed by atoms with Crippen molar-refractivity contribution in [2.75, 3.05) is 6.54 Å². The summed E-state index contributed by atoms with van der Waals surface area (Å²) in [7, 11) is 0. The summed E-state index contributed by atoms with van der Waals surface area (Å²) >= 11 is 0. The summed E-state index contributed by atoms with van der Waals surface area (Å²) in [6, 6.07) is 0. The molecule has 2 aliphatic rings. The first-order valence-electron chi connectivity index (χ1n) is 4.76. The molecule has 1 aliphatic heterocycles. The average molecular weight is 196 g/mol. The number of carbonyl (C=O) groups excluding carboxylic acids is 1. The number of amides is 1. The Morgan fingerprint density at radius 1 is 1.57 bits per heavy atom. The number of rotatable bonds is 3. The minimum atomic E-state index is -1.02. The van der Waals surface area contributed by atoms with Crippen LogP contribution in [0.4, 0.5) is 0 Å². The number of hydrogen-bond acceptors (Lipinski definition) is 3. The SMILES string of the molecule is O=C(O)CN1N=C(C2CCC2)CC1=O. The van der Waals surface area contributed by atoms with Crippen LogP contribution in [-0.2, 0) is 9.59 Å². The van der Waals surface area contributed by atoms with Gasteiger partial charge in [0.05, 0.1) is 12.1 Å². The van der Waals surface area contributed by atoms with Gasteiger partial charge in [-0.05, 0) is 18.8 Å². The van der Waals surface area contributed by atoms with Gasteiger partial charge in [-0.2, -0.15) is 5.10 Å². The molecule has 0 bridgehead atoms. The van der Waals surface area contributed by atoms with E-state index in [2.05, 4.69) is 5.10 Å². The van der Waals surface area contributed by atoms with Gasteiger partial charge in [0.2, 0.25) is 5.91 Å². The smallest absolute Gasteiger partial charge is 0.325 e. The molecule has 0 aromatic heterocycles. The third-order valence-corrected chi connectivity index (χ3v) is 2.73. The molecule has 14 heavy (non-hydrogen) atoms. The van der Waals surface area contributed by atoms with Crippen molar-refractivity contribution in [3.8, 4) is 0 Å². The molecule has 1 aliphatic carbocycles. The lowest BCUT2D eigenvalue weighted by Gasteiger charge is -2.24. The summed E-state index contributed by atoms with van der Waals surface area (Å²) in [4.78, 5) is 21.7. The van der Waals surface area contributed by atoms with Gasteiger partial charge in [0.25, 0.3) is 0 Å². The number of carboxylic acid groups (broad SMARTS) is 1. The molecule has 0 saturated heterocycles. The molecular formula is C9H12N2O3. The molecule has 0 aromatic carbocycles. The van der Waals surface area contributed by atoms with Crippen LogP contribution in [0.25, 0.3) is 0 Å². The highest BCUT2D eigenvalue weighted by Gasteiger charge is 2.32. The lowest BCUT2D eigenvalue weighted by molar-refractivity contribution is -0.143. The molecule has 1 N–H and O–H groups in total. The molecule has 5 nitrogen and oxygen atoms in total. The summed E-state index contributed by atoms with van der Waals surface area (Å²) in [6.45, 7) is -0.310. The van der Waals surface area contributed by atoms with Crippen LogP contribution in [0.2, 0.25) is 0 Å². The van der Waals surface area contributed by atoms with Crippen molar-refractivity contribution in [3.63, 3.8) is 0 Å². The van der Waals surface area contributed by atoms with Gasteiger partial charge in [0.15, 0.2) is 0 Å². The molecule has 1 heterocycles. The lowest BCUT2D eigenvalue weighted by atomic mass is 9.81. The molecule has 1 amide bonds. The summed E-state index contributed by atoms with van der Waals surface area (Å²) in [5.41, 5.74) is 0.877. The summed E-state index contributed by atoms with van der Waals surface area (Å²) in [6.07, 6.45) is 3.69. The van der Waals surface area contributed by atoms with E-state index in [0.29, 0.717) is 12.3 Å². The standard InChI is InChI=1S/C9H12N2O3/c12-8-4-7(6-2-1-3-6)10-11(8)5-9(13)14/h6H,1-5H2,(H,13,14). The van der Waals surface area contributed by atoms with Crippen molar-refractivity contribution in [1.82, 2.24) is 5.01 Å². The fourth-order valence-corrected chi connectivity index (χ4v) is 1.71. The first-order chi connectivity index (χ1) is 6.66. The Kier molecular flexibility index (Phi) is 2.23. The Bertz CT molecular complexity index is 307. The molecule has 1 saturated carbocycles. The van der Waals surface area contributed by atoms with Gasteiger partial charge in [-0.15, -0.1) is 0 Å². The lowest BCUT2D eigenvalue weighted by Crippen LogP contribution is -2.27. The van der Waals surface area contributed by atoms with Crippen LogP contribution in [0.5, 0.6) is 0 Å². The van der Waals surface area contributed by atoms with Gasteiger partial charge >= 0.3 is 5.97 Å². The molecular weight excluding hydrogens is 184 g/mol. The van der Waals surface area contributed by atoms with Gasteiger partial charge in [-0.25, -0.2) is 5.01 Å². The third-order valence-electron chi connectivity index (χ3n) is 2.73. The maximum atomic E-state index is 11.3. The van der Waals surface area contributed by atoms with Crippen molar-refractivity contribution in [2.24, 2.45) is 11.0 Å². The molecule has 5 heteroatoms. The van der Waals surface area contributed by atoms with Gasteiger partial charge in [-0.1, -0.05) is 6.42 Å². The molecule has 2 rings (SSSR count). The summed E-state index contributed by atoms with van der Waals surface area (Å²) in [5, 5.41) is 13.6. The van der Waals surface area contributed by atoms with E-state index in [1.807, 2.05) is 0 Å². The van der Waals surface area contributed by atoms with Gasteiger partial charge < -0.3 is 5.11 Å². The van der Waals surface area contributed by atoms with Crippen molar-refractivity contribution in [3.05, 3.63) is 0 Å². The highest BCUT2D eigenvalue weighted by Crippen LogP contribution is 2.31. The summed E-state index contributed by atoms with van der Waals surface area (Å²) < 4.78 is 0. The maximum Gasteiger partial charge on any atom is 0.325 e. The van der Waals surface area contributed by atoms with Crippen LogP contribution in [0, 0.1) is 5.92 Å². The Balaban J connectivity index is 2.00. The van der Waals surface area contributed by atoms with Gasteiger partial charge in [0.1, 0.15) is 6.54 Å². The average Bonchev–Trinajstić information content (AvgIpc) is 2.27. The van der Waals surface area contributed by atoms with Crippen molar-refractivity contribution in [1.29, 1.82) is 0 Å². The zero-order chi connectivity index (χ0) is 10.1.